The Bertz CT molecular complexity index is 610. The first-order chi connectivity index (χ1) is 10.4. The maximum atomic E-state index is 12.1. The number of aromatic nitrogens is 1. The highest BCUT2D eigenvalue weighted by atomic mass is 35.5. The zero-order valence-electron chi connectivity index (χ0n) is 12.4. The van der Waals surface area contributed by atoms with Crippen molar-refractivity contribution in [1.82, 2.24) is 9.29 Å². The van der Waals surface area contributed by atoms with Gasteiger partial charge in [0.25, 0.3) is 0 Å². The molecule has 8 heteroatoms. The summed E-state index contributed by atoms with van der Waals surface area (Å²) < 4.78 is 31.4. The lowest BCUT2D eigenvalue weighted by Gasteiger charge is -2.31. The number of halogens is 1. The molecule has 0 amide bonds. The fourth-order valence-corrected chi connectivity index (χ4v) is 3.92. The van der Waals surface area contributed by atoms with Gasteiger partial charge in [0.15, 0.2) is 0 Å². The molecule has 0 spiro atoms. The number of hydrogen-bond acceptors (Lipinski definition) is 5. The van der Waals surface area contributed by atoms with Gasteiger partial charge in [0.05, 0.1) is 10.8 Å². The van der Waals surface area contributed by atoms with E-state index in [1.54, 1.807) is 12.1 Å². The van der Waals surface area contributed by atoms with Crippen LogP contribution in [0.5, 0.6) is 5.88 Å². The molecule has 0 radical (unpaired) electrons. The predicted octanol–water partition coefficient (Wildman–Crippen LogP) is 1.89. The van der Waals surface area contributed by atoms with Gasteiger partial charge in [-0.2, -0.15) is 0 Å². The van der Waals surface area contributed by atoms with E-state index in [4.69, 9.17) is 16.3 Å². The van der Waals surface area contributed by atoms with E-state index in [1.165, 1.54) is 17.4 Å². The second kappa shape index (κ2) is 7.39. The molecule has 22 heavy (non-hydrogen) atoms. The molecule has 0 bridgehead atoms. The summed E-state index contributed by atoms with van der Waals surface area (Å²) in [6.45, 7) is 2.20. The third kappa shape index (κ3) is 4.93. The molecular formula is C14H19ClN2O4S. The summed E-state index contributed by atoms with van der Waals surface area (Å²) in [5.74, 6) is 0.255. The molecule has 1 saturated heterocycles. The molecule has 0 saturated carbocycles. The normalized spacial score (nSPS) is 17.4. The summed E-state index contributed by atoms with van der Waals surface area (Å²) in [4.78, 5) is 15.0. The smallest absolute Gasteiger partial charge is 0.214 e. The average molecular weight is 347 g/mol. The van der Waals surface area contributed by atoms with Crippen molar-refractivity contribution in [2.75, 3.05) is 18.8 Å². The summed E-state index contributed by atoms with van der Waals surface area (Å²) >= 11 is 5.76. The highest BCUT2D eigenvalue weighted by molar-refractivity contribution is 7.89. The second-order valence-corrected chi connectivity index (χ2v) is 7.82. The van der Waals surface area contributed by atoms with E-state index in [9.17, 15) is 13.2 Å². The number of carbonyl (C=O) groups excluding carboxylic acids is 1. The van der Waals surface area contributed by atoms with Crippen LogP contribution in [-0.4, -0.2) is 48.4 Å². The Kier molecular flexibility index (Phi) is 5.77. The Morgan fingerprint density at radius 1 is 1.41 bits per heavy atom. The number of Topliss-reactive ketones (excluding diaryl/α,β-unsaturated/α-hetero) is 1. The molecule has 2 heterocycles. The Morgan fingerprint density at radius 3 is 2.64 bits per heavy atom. The summed E-state index contributed by atoms with van der Waals surface area (Å²) in [6, 6.07) is 3.39. The number of ether oxygens (including phenoxy) is 1. The van der Waals surface area contributed by atoms with E-state index in [0.717, 1.165) is 0 Å². The standard InChI is InChI=1S/C14H19ClN2O4S/c1-11(18)6-9-22(19,20)17-7-4-13(5-8-17)21-14-3-2-12(15)10-16-14/h2-3,10,13H,4-9H2,1H3. The second-order valence-electron chi connectivity index (χ2n) is 5.30. The lowest BCUT2D eigenvalue weighted by atomic mass is 10.1. The van der Waals surface area contributed by atoms with Gasteiger partial charge in [-0.3, -0.25) is 4.79 Å². The van der Waals surface area contributed by atoms with Crippen LogP contribution in [0.4, 0.5) is 0 Å². The molecular weight excluding hydrogens is 328 g/mol. The minimum atomic E-state index is -3.36. The van der Waals surface area contributed by atoms with Crippen LogP contribution in [0.1, 0.15) is 26.2 Å². The molecule has 122 valence electrons. The van der Waals surface area contributed by atoms with Crippen LogP contribution in [0.3, 0.4) is 0 Å². The number of nitrogens with zero attached hydrogens (tertiary/aromatic N) is 2. The van der Waals surface area contributed by atoms with Crippen molar-refractivity contribution in [3.63, 3.8) is 0 Å². The van der Waals surface area contributed by atoms with Crippen molar-refractivity contribution in [3.8, 4) is 5.88 Å². The van der Waals surface area contributed by atoms with E-state index in [-0.39, 0.29) is 24.1 Å². The van der Waals surface area contributed by atoms with Crippen molar-refractivity contribution < 1.29 is 17.9 Å². The molecule has 2 rings (SSSR count). The molecule has 1 aromatic rings. The quantitative estimate of drug-likeness (QED) is 0.786. The number of hydrogen-bond donors (Lipinski definition) is 0. The fourth-order valence-electron chi connectivity index (χ4n) is 2.23. The van der Waals surface area contributed by atoms with Gasteiger partial charge in [0.1, 0.15) is 11.9 Å². The monoisotopic (exact) mass is 346 g/mol. The van der Waals surface area contributed by atoms with E-state index >= 15 is 0 Å². The Balaban J connectivity index is 1.84. The van der Waals surface area contributed by atoms with Crippen LogP contribution >= 0.6 is 11.6 Å². The zero-order chi connectivity index (χ0) is 16.2. The first-order valence-electron chi connectivity index (χ1n) is 7.12. The zero-order valence-corrected chi connectivity index (χ0v) is 13.9. The third-order valence-corrected chi connectivity index (χ3v) is 5.59. The predicted molar refractivity (Wildman–Crippen MR) is 83.6 cm³/mol. The number of rotatable bonds is 6. The average Bonchev–Trinajstić information content (AvgIpc) is 2.48. The number of piperidine rings is 1. The van der Waals surface area contributed by atoms with E-state index in [1.807, 2.05) is 0 Å². The molecule has 1 aromatic heterocycles. The maximum absolute atomic E-state index is 12.1. The Hall–Kier alpha value is -1.18. The van der Waals surface area contributed by atoms with Crippen LogP contribution in [0.25, 0.3) is 0 Å². The third-order valence-electron chi connectivity index (χ3n) is 3.49. The lowest BCUT2D eigenvalue weighted by Crippen LogP contribution is -2.42. The molecule has 0 atom stereocenters. The Labute approximate surface area is 135 Å². The highest BCUT2D eigenvalue weighted by Gasteiger charge is 2.28. The van der Waals surface area contributed by atoms with Gasteiger partial charge in [0, 0.05) is 31.8 Å². The lowest BCUT2D eigenvalue weighted by molar-refractivity contribution is -0.116. The maximum Gasteiger partial charge on any atom is 0.214 e. The Morgan fingerprint density at radius 2 is 2.09 bits per heavy atom. The van der Waals surface area contributed by atoms with Crippen LogP contribution < -0.4 is 4.74 Å². The molecule has 0 aromatic carbocycles. The molecule has 1 fully saturated rings. The first kappa shape index (κ1) is 17.2. The van der Waals surface area contributed by atoms with Gasteiger partial charge in [-0.1, -0.05) is 11.6 Å². The van der Waals surface area contributed by atoms with E-state index in [2.05, 4.69) is 4.98 Å². The number of sulfonamides is 1. The van der Waals surface area contributed by atoms with Crippen molar-refractivity contribution in [1.29, 1.82) is 0 Å². The van der Waals surface area contributed by atoms with Gasteiger partial charge in [-0.05, 0) is 25.8 Å². The van der Waals surface area contributed by atoms with Gasteiger partial charge < -0.3 is 4.74 Å². The summed E-state index contributed by atoms with van der Waals surface area (Å²) in [5, 5.41) is 0.540. The fraction of sp³-hybridized carbons (Fsp3) is 0.571. The van der Waals surface area contributed by atoms with Gasteiger partial charge in [0.2, 0.25) is 15.9 Å². The molecule has 0 aliphatic carbocycles. The molecule has 6 nitrogen and oxygen atoms in total. The van der Waals surface area contributed by atoms with Crippen LogP contribution in [-0.2, 0) is 14.8 Å². The van der Waals surface area contributed by atoms with E-state index < -0.39 is 10.0 Å². The minimum Gasteiger partial charge on any atom is -0.474 e. The van der Waals surface area contributed by atoms with Crippen LogP contribution in [0.2, 0.25) is 5.02 Å². The minimum absolute atomic E-state index is 0.0621. The van der Waals surface area contributed by atoms with Gasteiger partial charge >= 0.3 is 0 Å². The number of carbonyl (C=O) groups is 1. The largest absolute Gasteiger partial charge is 0.474 e. The summed E-state index contributed by atoms with van der Waals surface area (Å²) in [6.07, 6.45) is 2.71. The van der Waals surface area contributed by atoms with Crippen molar-refractivity contribution in [3.05, 3.63) is 23.4 Å². The molecule has 1 aliphatic heterocycles. The molecule has 0 unspecified atom stereocenters. The van der Waals surface area contributed by atoms with Gasteiger partial charge in [-0.25, -0.2) is 17.7 Å². The van der Waals surface area contributed by atoms with Crippen LogP contribution in [0, 0.1) is 0 Å². The molecule has 0 N–H and O–H groups in total. The van der Waals surface area contributed by atoms with Crippen LogP contribution in [0.15, 0.2) is 18.3 Å². The van der Waals surface area contributed by atoms with Crippen molar-refractivity contribution >= 4 is 27.4 Å². The SMILES string of the molecule is CC(=O)CCS(=O)(=O)N1CCC(Oc2ccc(Cl)cn2)CC1. The van der Waals surface area contributed by atoms with Gasteiger partial charge in [-0.15, -0.1) is 0 Å². The summed E-state index contributed by atoms with van der Waals surface area (Å²) in [5.41, 5.74) is 0. The number of pyridine rings is 1. The van der Waals surface area contributed by atoms with E-state index in [0.29, 0.717) is 36.8 Å². The van der Waals surface area contributed by atoms with Crippen molar-refractivity contribution in [2.45, 2.75) is 32.3 Å². The molecule has 1 aliphatic rings. The topological polar surface area (TPSA) is 76.6 Å². The highest BCUT2D eigenvalue weighted by Crippen LogP contribution is 2.20. The first-order valence-corrected chi connectivity index (χ1v) is 9.11. The van der Waals surface area contributed by atoms with Crippen molar-refractivity contribution in [2.24, 2.45) is 0 Å². The summed E-state index contributed by atoms with van der Waals surface area (Å²) in [7, 11) is -3.36. The number of ketones is 1.